The molecule has 0 atom stereocenters. The molecule has 0 N–H and O–H groups in total. The molecule has 0 amide bonds. The minimum Gasteiger partial charge on any atom is -0.267 e. The van der Waals surface area contributed by atoms with Gasteiger partial charge in [-0.1, -0.05) is 6.07 Å². The Hall–Kier alpha value is -1.88. The summed E-state index contributed by atoms with van der Waals surface area (Å²) in [6.45, 7) is 6.00. The summed E-state index contributed by atoms with van der Waals surface area (Å²) < 4.78 is 39.6. The minimum atomic E-state index is -3.68. The third-order valence-electron chi connectivity index (χ3n) is 3.47. The van der Waals surface area contributed by atoms with Crippen molar-refractivity contribution in [3.05, 3.63) is 59.4 Å². The Morgan fingerprint density at radius 3 is 2.14 bits per heavy atom. The smallest absolute Gasteiger partial charge is 0.264 e. The standard InChI is InChI=1S/C16H18FNO2S/c1-4-18(15-8-5-12(2)13(3)11-15)21(19,20)16-9-6-14(17)7-10-16/h5-11H,4H2,1-3H3. The van der Waals surface area contributed by atoms with Crippen LogP contribution in [0.5, 0.6) is 0 Å². The van der Waals surface area contributed by atoms with Crippen LogP contribution >= 0.6 is 0 Å². The van der Waals surface area contributed by atoms with Gasteiger partial charge in [0.05, 0.1) is 10.6 Å². The van der Waals surface area contributed by atoms with E-state index >= 15 is 0 Å². The summed E-state index contributed by atoms with van der Waals surface area (Å²) in [6.07, 6.45) is 0. The molecule has 0 bridgehead atoms. The molecular weight excluding hydrogens is 289 g/mol. The van der Waals surface area contributed by atoms with Crippen LogP contribution in [0.1, 0.15) is 18.1 Å². The van der Waals surface area contributed by atoms with Gasteiger partial charge in [0, 0.05) is 6.54 Å². The minimum absolute atomic E-state index is 0.0870. The van der Waals surface area contributed by atoms with Crippen LogP contribution < -0.4 is 4.31 Å². The molecule has 2 aromatic carbocycles. The molecule has 0 aliphatic carbocycles. The van der Waals surface area contributed by atoms with Crippen LogP contribution in [0.3, 0.4) is 0 Å². The van der Waals surface area contributed by atoms with Crippen molar-refractivity contribution in [3.63, 3.8) is 0 Å². The molecule has 0 aliphatic heterocycles. The number of halogens is 1. The normalized spacial score (nSPS) is 11.4. The Kier molecular flexibility index (Phi) is 4.32. The predicted octanol–water partition coefficient (Wildman–Crippen LogP) is 3.66. The second-order valence-corrected chi connectivity index (χ2v) is 6.75. The fourth-order valence-electron chi connectivity index (χ4n) is 2.11. The molecule has 2 aromatic rings. The monoisotopic (exact) mass is 307 g/mol. The third-order valence-corrected chi connectivity index (χ3v) is 5.38. The Balaban J connectivity index is 2.48. The Bertz CT molecular complexity index is 739. The second kappa shape index (κ2) is 5.85. The first-order valence-corrected chi connectivity index (χ1v) is 8.16. The van der Waals surface area contributed by atoms with Gasteiger partial charge in [0.1, 0.15) is 5.82 Å². The topological polar surface area (TPSA) is 37.4 Å². The average Bonchev–Trinajstić information content (AvgIpc) is 2.44. The summed E-state index contributed by atoms with van der Waals surface area (Å²) in [4.78, 5) is 0.0870. The highest BCUT2D eigenvalue weighted by Crippen LogP contribution is 2.25. The summed E-state index contributed by atoms with van der Waals surface area (Å²) >= 11 is 0. The first-order valence-electron chi connectivity index (χ1n) is 6.72. The number of benzene rings is 2. The van der Waals surface area contributed by atoms with E-state index in [-0.39, 0.29) is 4.90 Å². The number of hydrogen-bond acceptors (Lipinski definition) is 2. The van der Waals surface area contributed by atoms with E-state index in [0.29, 0.717) is 12.2 Å². The van der Waals surface area contributed by atoms with Gasteiger partial charge in [0.15, 0.2) is 0 Å². The summed E-state index contributed by atoms with van der Waals surface area (Å²) in [5, 5.41) is 0. The molecule has 5 heteroatoms. The zero-order valence-corrected chi connectivity index (χ0v) is 13.1. The van der Waals surface area contributed by atoms with Crippen molar-refractivity contribution in [1.82, 2.24) is 0 Å². The Labute approximate surface area is 125 Å². The van der Waals surface area contributed by atoms with Crippen molar-refractivity contribution in [3.8, 4) is 0 Å². The number of anilines is 1. The van der Waals surface area contributed by atoms with Gasteiger partial charge in [0.25, 0.3) is 10.0 Å². The van der Waals surface area contributed by atoms with Crippen molar-refractivity contribution in [2.45, 2.75) is 25.7 Å². The molecule has 0 saturated heterocycles. The quantitative estimate of drug-likeness (QED) is 0.864. The lowest BCUT2D eigenvalue weighted by Crippen LogP contribution is -2.30. The molecule has 0 fully saturated rings. The van der Waals surface area contributed by atoms with Crippen molar-refractivity contribution in [2.75, 3.05) is 10.8 Å². The van der Waals surface area contributed by atoms with Crippen LogP contribution in [0.25, 0.3) is 0 Å². The molecule has 2 rings (SSSR count). The number of nitrogens with zero attached hydrogens (tertiary/aromatic N) is 1. The van der Waals surface area contributed by atoms with E-state index in [4.69, 9.17) is 0 Å². The van der Waals surface area contributed by atoms with Gasteiger partial charge < -0.3 is 0 Å². The van der Waals surface area contributed by atoms with Gasteiger partial charge in [-0.3, -0.25) is 4.31 Å². The maximum absolute atomic E-state index is 13.0. The van der Waals surface area contributed by atoms with Crippen molar-refractivity contribution >= 4 is 15.7 Å². The lowest BCUT2D eigenvalue weighted by atomic mass is 10.1. The van der Waals surface area contributed by atoms with Crippen molar-refractivity contribution in [1.29, 1.82) is 0 Å². The van der Waals surface area contributed by atoms with Gasteiger partial charge in [-0.15, -0.1) is 0 Å². The first kappa shape index (κ1) is 15.5. The van der Waals surface area contributed by atoms with Crippen molar-refractivity contribution < 1.29 is 12.8 Å². The highest BCUT2D eigenvalue weighted by atomic mass is 32.2. The summed E-state index contributed by atoms with van der Waals surface area (Å²) in [5.41, 5.74) is 2.75. The van der Waals surface area contributed by atoms with E-state index in [1.807, 2.05) is 26.0 Å². The fraction of sp³-hybridized carbons (Fsp3) is 0.250. The number of aryl methyl sites for hydroxylation is 2. The molecule has 0 saturated carbocycles. The predicted molar refractivity (Wildman–Crippen MR) is 82.5 cm³/mol. The van der Waals surface area contributed by atoms with Gasteiger partial charge >= 0.3 is 0 Å². The first-order chi connectivity index (χ1) is 9.86. The van der Waals surface area contributed by atoms with Gasteiger partial charge in [-0.25, -0.2) is 12.8 Å². The lowest BCUT2D eigenvalue weighted by Gasteiger charge is -2.23. The van der Waals surface area contributed by atoms with Crippen LogP contribution in [0.4, 0.5) is 10.1 Å². The van der Waals surface area contributed by atoms with E-state index in [1.54, 1.807) is 13.0 Å². The third kappa shape index (κ3) is 3.08. The molecule has 0 aliphatic rings. The molecule has 0 radical (unpaired) electrons. The van der Waals surface area contributed by atoms with Gasteiger partial charge in [-0.2, -0.15) is 0 Å². The number of rotatable bonds is 4. The summed E-state index contributed by atoms with van der Waals surface area (Å²) in [5.74, 6) is -0.455. The van der Waals surface area contributed by atoms with E-state index in [2.05, 4.69) is 0 Å². The zero-order valence-electron chi connectivity index (χ0n) is 12.3. The molecule has 112 valence electrons. The molecular formula is C16H18FNO2S. The molecule has 0 aromatic heterocycles. The van der Waals surface area contributed by atoms with E-state index in [1.165, 1.54) is 16.4 Å². The van der Waals surface area contributed by atoms with Crippen LogP contribution in [0.15, 0.2) is 47.4 Å². The van der Waals surface area contributed by atoms with E-state index in [0.717, 1.165) is 23.3 Å². The largest absolute Gasteiger partial charge is 0.267 e. The number of sulfonamides is 1. The van der Waals surface area contributed by atoms with Gasteiger partial charge in [-0.05, 0) is 68.3 Å². The van der Waals surface area contributed by atoms with Crippen LogP contribution in [0, 0.1) is 19.7 Å². The molecule has 3 nitrogen and oxygen atoms in total. The Morgan fingerprint density at radius 2 is 1.62 bits per heavy atom. The van der Waals surface area contributed by atoms with Gasteiger partial charge in [0.2, 0.25) is 0 Å². The second-order valence-electron chi connectivity index (χ2n) is 4.89. The van der Waals surface area contributed by atoms with Crippen LogP contribution in [-0.4, -0.2) is 15.0 Å². The van der Waals surface area contributed by atoms with E-state index in [9.17, 15) is 12.8 Å². The van der Waals surface area contributed by atoms with Crippen LogP contribution in [0.2, 0.25) is 0 Å². The number of hydrogen-bond donors (Lipinski definition) is 0. The summed E-state index contributed by atoms with van der Waals surface area (Å²) in [6, 6.07) is 10.4. The fourth-order valence-corrected chi connectivity index (χ4v) is 3.57. The molecule has 0 spiro atoms. The highest BCUT2D eigenvalue weighted by Gasteiger charge is 2.23. The lowest BCUT2D eigenvalue weighted by molar-refractivity contribution is 0.590. The van der Waals surface area contributed by atoms with E-state index < -0.39 is 15.8 Å². The molecule has 0 unspecified atom stereocenters. The SMILES string of the molecule is CCN(c1ccc(C)c(C)c1)S(=O)(=O)c1ccc(F)cc1. The zero-order chi connectivity index (χ0) is 15.6. The highest BCUT2D eigenvalue weighted by molar-refractivity contribution is 7.92. The maximum Gasteiger partial charge on any atom is 0.264 e. The van der Waals surface area contributed by atoms with Crippen LogP contribution in [-0.2, 0) is 10.0 Å². The molecule has 0 heterocycles. The summed E-state index contributed by atoms with van der Waals surface area (Å²) in [7, 11) is -3.68. The maximum atomic E-state index is 13.0. The average molecular weight is 307 g/mol. The Morgan fingerprint density at radius 1 is 1.00 bits per heavy atom. The van der Waals surface area contributed by atoms with Crippen molar-refractivity contribution in [2.24, 2.45) is 0 Å². The molecule has 21 heavy (non-hydrogen) atoms.